The van der Waals surface area contributed by atoms with E-state index in [0.717, 1.165) is 11.3 Å². The van der Waals surface area contributed by atoms with E-state index in [2.05, 4.69) is 36.7 Å². The van der Waals surface area contributed by atoms with Crippen LogP contribution in [0.3, 0.4) is 0 Å². The molecule has 14 heavy (non-hydrogen) atoms. The van der Waals surface area contributed by atoms with Gasteiger partial charge in [-0.3, -0.25) is 4.99 Å². The Labute approximate surface area is 87.4 Å². The molecular formula is C12H11NS. The number of fused-ring (bicyclic) bond motifs is 1. The van der Waals surface area contributed by atoms with Crippen LogP contribution in [-0.4, -0.2) is 6.72 Å². The van der Waals surface area contributed by atoms with Crippen LogP contribution in [0, 0.1) is 6.92 Å². The Kier molecular flexibility index (Phi) is 2.22. The molecule has 0 bridgehead atoms. The highest BCUT2D eigenvalue weighted by Gasteiger charge is 2.07. The summed E-state index contributed by atoms with van der Waals surface area (Å²) < 4.78 is 1.28. The smallest absolute Gasteiger partial charge is 0.0701 e. The van der Waals surface area contributed by atoms with Crippen molar-refractivity contribution in [3.05, 3.63) is 35.2 Å². The predicted octanol–water partition coefficient (Wildman–Crippen LogP) is 4.18. The molecule has 0 radical (unpaired) electrons. The molecule has 0 saturated heterocycles. The van der Waals surface area contributed by atoms with Gasteiger partial charge >= 0.3 is 0 Å². The fraction of sp³-hybridized carbons (Fsp3) is 0.0833. The molecule has 2 aromatic rings. The molecule has 1 nitrogen and oxygen atoms in total. The molecule has 0 aliphatic rings. The minimum Gasteiger partial charge on any atom is -0.264 e. The molecule has 70 valence electrons. The van der Waals surface area contributed by atoms with Crippen molar-refractivity contribution >= 4 is 39.9 Å². The van der Waals surface area contributed by atoms with Crippen molar-refractivity contribution in [3.63, 3.8) is 0 Å². The van der Waals surface area contributed by atoms with Crippen LogP contribution >= 0.6 is 11.3 Å². The maximum Gasteiger partial charge on any atom is 0.0701 e. The molecule has 0 spiro atoms. The molecule has 2 rings (SSSR count). The monoisotopic (exact) mass is 201 g/mol. The topological polar surface area (TPSA) is 12.4 Å². The molecule has 0 aliphatic heterocycles. The van der Waals surface area contributed by atoms with E-state index in [9.17, 15) is 0 Å². The van der Waals surface area contributed by atoms with Gasteiger partial charge in [-0.05, 0) is 36.7 Å². The van der Waals surface area contributed by atoms with Crippen molar-refractivity contribution in [2.75, 3.05) is 0 Å². The van der Waals surface area contributed by atoms with Gasteiger partial charge in [0.05, 0.1) is 5.69 Å². The van der Waals surface area contributed by atoms with Crippen LogP contribution in [0.25, 0.3) is 16.2 Å². The van der Waals surface area contributed by atoms with Crippen molar-refractivity contribution in [1.29, 1.82) is 0 Å². The van der Waals surface area contributed by atoms with E-state index >= 15 is 0 Å². The van der Waals surface area contributed by atoms with Crippen LogP contribution in [0.4, 0.5) is 5.69 Å². The van der Waals surface area contributed by atoms with Gasteiger partial charge in [0.1, 0.15) is 0 Å². The Hall–Kier alpha value is -1.41. The molecule has 1 aromatic carbocycles. The van der Waals surface area contributed by atoms with Gasteiger partial charge in [0.25, 0.3) is 0 Å². The summed E-state index contributed by atoms with van der Waals surface area (Å²) in [5.41, 5.74) is 3.29. The van der Waals surface area contributed by atoms with Crippen molar-refractivity contribution < 1.29 is 0 Å². The summed E-state index contributed by atoms with van der Waals surface area (Å²) in [7, 11) is 0. The van der Waals surface area contributed by atoms with E-state index in [1.807, 2.05) is 12.1 Å². The minimum absolute atomic E-state index is 0.911. The summed E-state index contributed by atoms with van der Waals surface area (Å²) >= 11 is 1.75. The molecule has 2 heteroatoms. The number of thiophene rings is 1. The number of benzene rings is 1. The Balaban J connectivity index is 2.94. The van der Waals surface area contributed by atoms with Crippen LogP contribution in [-0.2, 0) is 0 Å². The van der Waals surface area contributed by atoms with E-state index in [1.54, 1.807) is 11.3 Å². The molecule has 0 N–H and O–H groups in total. The van der Waals surface area contributed by atoms with E-state index in [1.165, 1.54) is 15.6 Å². The third kappa shape index (κ3) is 1.19. The third-order valence-corrected chi connectivity index (χ3v) is 3.38. The van der Waals surface area contributed by atoms with Crippen molar-refractivity contribution in [2.24, 2.45) is 4.99 Å². The van der Waals surface area contributed by atoms with Crippen LogP contribution < -0.4 is 0 Å². The number of aliphatic imine (C=N–C) groups is 1. The van der Waals surface area contributed by atoms with Gasteiger partial charge in [0.2, 0.25) is 0 Å². The number of nitrogens with zero attached hydrogens (tertiary/aromatic N) is 1. The van der Waals surface area contributed by atoms with E-state index in [4.69, 9.17) is 0 Å². The normalized spacial score (nSPS) is 10.4. The average molecular weight is 201 g/mol. The van der Waals surface area contributed by atoms with Gasteiger partial charge in [0.15, 0.2) is 0 Å². The highest BCUT2D eigenvalue weighted by atomic mass is 32.1. The zero-order chi connectivity index (χ0) is 10.1. The Morgan fingerprint density at radius 1 is 1.43 bits per heavy atom. The van der Waals surface area contributed by atoms with Gasteiger partial charge in [0, 0.05) is 15.6 Å². The molecule has 0 saturated carbocycles. The Morgan fingerprint density at radius 2 is 2.21 bits per heavy atom. The molecule has 1 aromatic heterocycles. The first kappa shape index (κ1) is 9.16. The lowest BCUT2D eigenvalue weighted by Gasteiger charge is -2.02. The molecule has 0 unspecified atom stereocenters. The average Bonchev–Trinajstić information content (AvgIpc) is 2.59. The maximum absolute atomic E-state index is 4.00. The summed E-state index contributed by atoms with van der Waals surface area (Å²) in [5.74, 6) is 0. The summed E-state index contributed by atoms with van der Waals surface area (Å²) in [6.07, 6.45) is 1.85. The van der Waals surface area contributed by atoms with E-state index in [-0.39, 0.29) is 0 Å². The van der Waals surface area contributed by atoms with Gasteiger partial charge in [-0.25, -0.2) is 0 Å². The number of hydrogen-bond donors (Lipinski definition) is 0. The molecular weight excluding hydrogens is 190 g/mol. The zero-order valence-electron chi connectivity index (χ0n) is 8.08. The largest absolute Gasteiger partial charge is 0.264 e. The maximum atomic E-state index is 4.00. The second-order valence-electron chi connectivity index (χ2n) is 3.15. The van der Waals surface area contributed by atoms with Crippen LogP contribution in [0.1, 0.15) is 11.1 Å². The summed E-state index contributed by atoms with van der Waals surface area (Å²) in [5, 5.41) is 3.42. The summed E-state index contributed by atoms with van der Waals surface area (Å²) in [6.45, 7) is 9.50. The zero-order valence-corrected chi connectivity index (χ0v) is 8.90. The SMILES string of the molecule is C=Cc1c(N=C)ccc2scc(C)c12. The predicted molar refractivity (Wildman–Crippen MR) is 65.9 cm³/mol. The van der Waals surface area contributed by atoms with Gasteiger partial charge in [-0.1, -0.05) is 12.7 Å². The van der Waals surface area contributed by atoms with Crippen LogP contribution in [0.5, 0.6) is 0 Å². The second kappa shape index (κ2) is 3.39. The first-order valence-corrected chi connectivity index (χ1v) is 5.26. The standard InChI is InChI=1S/C12H11NS/c1-4-9-10(13-3)5-6-11-12(9)8(2)7-14-11/h4-7H,1,3H2,2H3. The van der Waals surface area contributed by atoms with Crippen molar-refractivity contribution in [3.8, 4) is 0 Å². The summed E-state index contributed by atoms with van der Waals surface area (Å²) in [4.78, 5) is 4.00. The quantitative estimate of drug-likeness (QED) is 0.646. The van der Waals surface area contributed by atoms with Gasteiger partial charge < -0.3 is 0 Å². The van der Waals surface area contributed by atoms with E-state index < -0.39 is 0 Å². The third-order valence-electron chi connectivity index (χ3n) is 2.32. The Morgan fingerprint density at radius 3 is 2.86 bits per heavy atom. The molecule has 1 heterocycles. The fourth-order valence-electron chi connectivity index (χ4n) is 1.65. The molecule has 0 atom stereocenters. The second-order valence-corrected chi connectivity index (χ2v) is 4.06. The minimum atomic E-state index is 0.911. The lowest BCUT2D eigenvalue weighted by atomic mass is 10.1. The number of hydrogen-bond acceptors (Lipinski definition) is 2. The lowest BCUT2D eigenvalue weighted by molar-refractivity contribution is 1.54. The lowest BCUT2D eigenvalue weighted by Crippen LogP contribution is -1.77. The van der Waals surface area contributed by atoms with Crippen molar-refractivity contribution in [1.82, 2.24) is 0 Å². The molecule has 0 fully saturated rings. The molecule has 0 amide bonds. The number of rotatable bonds is 2. The first-order valence-electron chi connectivity index (χ1n) is 4.38. The Bertz CT molecular complexity index is 508. The summed E-state index contributed by atoms with van der Waals surface area (Å²) in [6, 6.07) is 4.08. The first-order chi connectivity index (χ1) is 6.77. The fourth-order valence-corrected chi connectivity index (χ4v) is 2.61. The van der Waals surface area contributed by atoms with Gasteiger partial charge in [-0.15, -0.1) is 11.3 Å². The molecule has 0 aliphatic carbocycles. The highest BCUT2D eigenvalue weighted by molar-refractivity contribution is 7.17. The van der Waals surface area contributed by atoms with Crippen molar-refractivity contribution in [2.45, 2.75) is 6.92 Å². The van der Waals surface area contributed by atoms with Gasteiger partial charge in [-0.2, -0.15) is 0 Å². The van der Waals surface area contributed by atoms with Crippen LogP contribution in [0.2, 0.25) is 0 Å². The highest BCUT2D eigenvalue weighted by Crippen LogP contribution is 2.34. The van der Waals surface area contributed by atoms with E-state index in [0.29, 0.717) is 0 Å². The van der Waals surface area contributed by atoms with Crippen LogP contribution in [0.15, 0.2) is 29.1 Å². The number of aryl methyl sites for hydroxylation is 1.